The second kappa shape index (κ2) is 9.11. The van der Waals surface area contributed by atoms with Crippen molar-refractivity contribution in [3.05, 3.63) is 77.1 Å². The number of hydrogen-bond donors (Lipinski definition) is 1. The average Bonchev–Trinajstić information content (AvgIpc) is 3.40. The summed E-state index contributed by atoms with van der Waals surface area (Å²) in [6.45, 7) is 4.53. The smallest absolute Gasteiger partial charge is 0.335 e. The summed E-state index contributed by atoms with van der Waals surface area (Å²) in [6.07, 6.45) is 5.36. The molecule has 1 N–H and O–H groups in total. The van der Waals surface area contributed by atoms with Gasteiger partial charge in [-0.2, -0.15) is 0 Å². The number of carbonyl (C=O) groups excluding carboxylic acids is 1. The molecule has 9 nitrogen and oxygen atoms in total. The van der Waals surface area contributed by atoms with E-state index in [9.17, 15) is 14.7 Å². The Morgan fingerprint density at radius 3 is 2.73 bits per heavy atom. The maximum absolute atomic E-state index is 13.0. The van der Waals surface area contributed by atoms with Crippen molar-refractivity contribution in [2.24, 2.45) is 0 Å². The van der Waals surface area contributed by atoms with Crippen LogP contribution in [0.15, 0.2) is 48.8 Å². The second-order valence-corrected chi connectivity index (χ2v) is 8.64. The van der Waals surface area contributed by atoms with Gasteiger partial charge in [-0.1, -0.05) is 12.1 Å². The predicted molar refractivity (Wildman–Crippen MR) is 120 cm³/mol. The monoisotopic (exact) mass is 446 g/mol. The largest absolute Gasteiger partial charge is 0.478 e. The number of carboxylic acids is 1. The maximum Gasteiger partial charge on any atom is 0.335 e. The Morgan fingerprint density at radius 1 is 1.03 bits per heavy atom. The highest BCUT2D eigenvalue weighted by Crippen LogP contribution is 2.28. The molecule has 0 bridgehead atoms. The van der Waals surface area contributed by atoms with Crippen LogP contribution in [0.2, 0.25) is 0 Å². The van der Waals surface area contributed by atoms with E-state index in [1.165, 1.54) is 17.7 Å². The number of aromatic nitrogens is 4. The molecule has 2 aliphatic rings. The number of carboxylic acid groups (broad SMARTS) is 1. The minimum absolute atomic E-state index is 0.118. The van der Waals surface area contributed by atoms with Crippen molar-refractivity contribution in [3.8, 4) is 0 Å². The van der Waals surface area contributed by atoms with E-state index in [1.807, 2.05) is 12.3 Å². The summed E-state index contributed by atoms with van der Waals surface area (Å²) in [7, 11) is 0. The van der Waals surface area contributed by atoms with E-state index in [2.05, 4.69) is 30.7 Å². The molecule has 2 aromatic heterocycles. The average molecular weight is 447 g/mol. The summed E-state index contributed by atoms with van der Waals surface area (Å²) in [5.41, 5.74) is 1.72. The Morgan fingerprint density at radius 2 is 1.91 bits per heavy atom. The van der Waals surface area contributed by atoms with Crippen LogP contribution in [0.4, 0.5) is 0 Å². The summed E-state index contributed by atoms with van der Waals surface area (Å²) >= 11 is 0. The van der Waals surface area contributed by atoms with E-state index in [-0.39, 0.29) is 11.5 Å². The molecule has 0 radical (unpaired) electrons. The summed E-state index contributed by atoms with van der Waals surface area (Å²) in [4.78, 5) is 32.7. The van der Waals surface area contributed by atoms with Crippen LogP contribution in [0.3, 0.4) is 0 Å². The predicted octanol–water partition coefficient (Wildman–Crippen LogP) is 2.06. The second-order valence-electron chi connectivity index (χ2n) is 8.64. The lowest BCUT2D eigenvalue weighted by molar-refractivity contribution is 0.0697. The first-order valence-electron chi connectivity index (χ1n) is 11.2. The topological polar surface area (TPSA) is 104 Å². The van der Waals surface area contributed by atoms with Crippen LogP contribution >= 0.6 is 0 Å². The summed E-state index contributed by atoms with van der Waals surface area (Å²) < 4.78 is 2.18. The Labute approximate surface area is 191 Å². The van der Waals surface area contributed by atoms with Crippen molar-refractivity contribution >= 4 is 11.9 Å². The molecular formula is C24H26N6O3. The van der Waals surface area contributed by atoms with Crippen LogP contribution in [-0.4, -0.2) is 72.7 Å². The Kier molecular flexibility index (Phi) is 5.87. The van der Waals surface area contributed by atoms with E-state index >= 15 is 0 Å². The van der Waals surface area contributed by atoms with Gasteiger partial charge in [0.15, 0.2) is 0 Å². The number of carbonyl (C=O) groups is 2. The molecule has 0 spiro atoms. The molecule has 5 rings (SSSR count). The van der Waals surface area contributed by atoms with E-state index in [4.69, 9.17) is 0 Å². The van der Waals surface area contributed by atoms with Crippen LogP contribution in [0.5, 0.6) is 0 Å². The number of likely N-dealkylation sites (tertiary alicyclic amines) is 1. The molecule has 1 atom stereocenters. The molecule has 170 valence electrons. The molecule has 1 amide bonds. The minimum Gasteiger partial charge on any atom is -0.478 e. The highest BCUT2D eigenvalue weighted by atomic mass is 16.4. The number of fused-ring (bicyclic) bond motifs is 1. The zero-order chi connectivity index (χ0) is 22.8. The fourth-order valence-electron chi connectivity index (χ4n) is 4.76. The Balaban J connectivity index is 1.25. The van der Waals surface area contributed by atoms with Crippen LogP contribution in [0, 0.1) is 0 Å². The van der Waals surface area contributed by atoms with Gasteiger partial charge in [0.1, 0.15) is 11.6 Å². The molecular weight excluding hydrogens is 420 g/mol. The van der Waals surface area contributed by atoms with Gasteiger partial charge in [0.2, 0.25) is 0 Å². The molecule has 1 saturated heterocycles. The molecule has 3 aromatic rings. The van der Waals surface area contributed by atoms with Crippen molar-refractivity contribution in [1.82, 2.24) is 29.5 Å². The molecule has 0 saturated carbocycles. The molecule has 9 heteroatoms. The maximum atomic E-state index is 13.0. The van der Waals surface area contributed by atoms with E-state index < -0.39 is 5.97 Å². The molecule has 1 aromatic carbocycles. The van der Waals surface area contributed by atoms with Crippen LogP contribution in [-0.2, 0) is 19.5 Å². The zero-order valence-corrected chi connectivity index (χ0v) is 18.3. The van der Waals surface area contributed by atoms with Crippen LogP contribution < -0.4 is 0 Å². The van der Waals surface area contributed by atoms with E-state index in [0.717, 1.165) is 37.7 Å². The van der Waals surface area contributed by atoms with Gasteiger partial charge in [-0.3, -0.25) is 14.7 Å². The standard InChI is InChI=1S/C24H26N6O3/c31-23(18-4-1-5-19(13-18)24(32)33)29-10-7-21-26-27-22(30(21)12-11-29)20-6-9-28(16-20)15-17-3-2-8-25-14-17/h1-5,8,13-14,20H,6-7,9-12,15-16H2,(H,32,33). The van der Waals surface area contributed by atoms with E-state index in [0.29, 0.717) is 37.5 Å². The van der Waals surface area contributed by atoms with Crippen molar-refractivity contribution in [2.75, 3.05) is 26.2 Å². The van der Waals surface area contributed by atoms with Gasteiger partial charge in [0, 0.05) is 63.0 Å². The van der Waals surface area contributed by atoms with Crippen molar-refractivity contribution in [3.63, 3.8) is 0 Å². The van der Waals surface area contributed by atoms with Gasteiger partial charge < -0.3 is 14.6 Å². The third-order valence-electron chi connectivity index (χ3n) is 6.47. The highest BCUT2D eigenvalue weighted by molar-refractivity contribution is 5.97. The summed E-state index contributed by atoms with van der Waals surface area (Å²) in [6, 6.07) is 10.3. The number of hydrogen-bond acceptors (Lipinski definition) is 6. The first kappa shape index (κ1) is 21.3. The molecule has 2 aliphatic heterocycles. The van der Waals surface area contributed by atoms with Gasteiger partial charge in [0.25, 0.3) is 5.91 Å². The molecule has 4 heterocycles. The van der Waals surface area contributed by atoms with Crippen molar-refractivity contribution in [1.29, 1.82) is 0 Å². The lowest BCUT2D eigenvalue weighted by atomic mass is 10.1. The summed E-state index contributed by atoms with van der Waals surface area (Å²) in [5.74, 6) is 1.04. The molecule has 0 aliphatic carbocycles. The third-order valence-corrected chi connectivity index (χ3v) is 6.47. The minimum atomic E-state index is -1.04. The lowest BCUT2D eigenvalue weighted by Gasteiger charge is -2.21. The molecule has 33 heavy (non-hydrogen) atoms. The summed E-state index contributed by atoms with van der Waals surface area (Å²) in [5, 5.41) is 18.2. The highest BCUT2D eigenvalue weighted by Gasteiger charge is 2.30. The van der Waals surface area contributed by atoms with Gasteiger partial charge in [-0.05, 0) is 42.8 Å². The molecule has 1 unspecified atom stereocenters. The van der Waals surface area contributed by atoms with Gasteiger partial charge in [0.05, 0.1) is 5.56 Å². The molecule has 1 fully saturated rings. The number of nitrogens with zero attached hydrogens (tertiary/aromatic N) is 6. The quantitative estimate of drug-likeness (QED) is 0.640. The van der Waals surface area contributed by atoms with Crippen LogP contribution in [0.25, 0.3) is 0 Å². The number of aromatic carboxylic acids is 1. The van der Waals surface area contributed by atoms with Crippen molar-refractivity contribution < 1.29 is 14.7 Å². The zero-order valence-electron chi connectivity index (χ0n) is 18.3. The van der Waals surface area contributed by atoms with E-state index in [1.54, 1.807) is 23.2 Å². The Hall–Kier alpha value is -3.59. The number of benzene rings is 1. The number of pyridine rings is 1. The van der Waals surface area contributed by atoms with Crippen LogP contribution in [0.1, 0.15) is 50.3 Å². The normalized spacial score (nSPS) is 18.7. The SMILES string of the molecule is O=C(O)c1cccc(C(=O)N2CCc3nnc(C4CCN(Cc5cccnc5)C4)n3CC2)c1. The fourth-order valence-corrected chi connectivity index (χ4v) is 4.76. The van der Waals surface area contributed by atoms with Gasteiger partial charge in [-0.15, -0.1) is 10.2 Å². The third kappa shape index (κ3) is 4.49. The van der Waals surface area contributed by atoms with Gasteiger partial charge in [-0.25, -0.2) is 4.79 Å². The lowest BCUT2D eigenvalue weighted by Crippen LogP contribution is -2.34. The first-order valence-corrected chi connectivity index (χ1v) is 11.2. The fraction of sp³-hybridized carbons (Fsp3) is 0.375. The number of amides is 1. The van der Waals surface area contributed by atoms with Crippen molar-refractivity contribution in [2.45, 2.75) is 31.8 Å². The first-order chi connectivity index (χ1) is 16.1. The number of rotatable bonds is 5. The van der Waals surface area contributed by atoms with Gasteiger partial charge >= 0.3 is 5.97 Å². The Bertz CT molecular complexity index is 1160.